The largest absolute Gasteiger partial charge is 0.396 e. The van der Waals surface area contributed by atoms with E-state index in [4.69, 9.17) is 5.11 Å². The van der Waals surface area contributed by atoms with Gasteiger partial charge in [-0.1, -0.05) is 13.3 Å². The Hall–Kier alpha value is -1.35. The second-order valence-corrected chi connectivity index (χ2v) is 6.00. The maximum atomic E-state index is 12.6. The maximum absolute atomic E-state index is 12.6. The minimum Gasteiger partial charge on any atom is -0.396 e. The average molecular weight is 291 g/mol. The number of carbonyl (C=O) groups excluding carboxylic acids is 1. The monoisotopic (exact) mass is 291 g/mol. The Morgan fingerprint density at radius 1 is 1.00 bits per heavy atom. The Balaban J connectivity index is 2.98. The molecule has 0 aliphatic carbocycles. The van der Waals surface area contributed by atoms with Crippen molar-refractivity contribution in [1.29, 1.82) is 0 Å². The normalized spacial score (nSPS) is 12.3. The molecule has 0 saturated heterocycles. The minimum atomic E-state index is 0.00703. The van der Waals surface area contributed by atoms with E-state index in [1.807, 2.05) is 13.8 Å². The van der Waals surface area contributed by atoms with Crippen LogP contribution in [0.15, 0.2) is 0 Å². The Bertz CT molecular complexity index is 491. The highest BCUT2D eigenvalue weighted by atomic mass is 16.3. The first kappa shape index (κ1) is 17.7. The van der Waals surface area contributed by atoms with Gasteiger partial charge in [-0.15, -0.1) is 0 Å². The number of hydrogen-bond acceptors (Lipinski definition) is 2. The van der Waals surface area contributed by atoms with Gasteiger partial charge in [-0.2, -0.15) is 0 Å². The van der Waals surface area contributed by atoms with Gasteiger partial charge in [-0.25, -0.2) is 0 Å². The van der Waals surface area contributed by atoms with Crippen molar-refractivity contribution in [3.8, 4) is 0 Å². The molecule has 0 fully saturated rings. The molecule has 0 radical (unpaired) electrons. The lowest BCUT2D eigenvalue weighted by atomic mass is 9.89. The molecule has 1 aromatic rings. The lowest BCUT2D eigenvalue weighted by Gasteiger charge is -2.20. The van der Waals surface area contributed by atoms with Gasteiger partial charge in [-0.3, -0.25) is 4.79 Å². The Labute approximate surface area is 128 Å². The van der Waals surface area contributed by atoms with Crippen LogP contribution in [-0.2, 0) is 0 Å². The molecule has 0 spiro atoms. The van der Waals surface area contributed by atoms with Gasteiger partial charge in [0, 0.05) is 18.7 Å². The van der Waals surface area contributed by atoms with Crippen molar-refractivity contribution >= 4 is 5.91 Å². The summed E-state index contributed by atoms with van der Waals surface area (Å²) in [6.45, 7) is 13.2. The molecule has 3 heteroatoms. The first-order valence-corrected chi connectivity index (χ1v) is 7.81. The second-order valence-electron chi connectivity index (χ2n) is 6.00. The van der Waals surface area contributed by atoms with Crippen LogP contribution in [0.25, 0.3) is 0 Å². The number of amides is 1. The zero-order valence-electron chi connectivity index (χ0n) is 14.3. The van der Waals surface area contributed by atoms with Crippen LogP contribution in [0.3, 0.4) is 0 Å². The quantitative estimate of drug-likeness (QED) is 0.844. The Morgan fingerprint density at radius 3 is 1.90 bits per heavy atom. The van der Waals surface area contributed by atoms with Gasteiger partial charge >= 0.3 is 0 Å². The molecule has 0 aliphatic heterocycles. The van der Waals surface area contributed by atoms with Gasteiger partial charge in [0.1, 0.15) is 0 Å². The average Bonchev–Trinajstić information content (AvgIpc) is 2.47. The van der Waals surface area contributed by atoms with E-state index in [2.05, 4.69) is 33.0 Å². The molecule has 1 atom stereocenters. The van der Waals surface area contributed by atoms with E-state index < -0.39 is 0 Å². The van der Waals surface area contributed by atoms with E-state index in [0.29, 0.717) is 12.5 Å². The van der Waals surface area contributed by atoms with Crippen LogP contribution in [0.5, 0.6) is 0 Å². The van der Waals surface area contributed by atoms with E-state index in [-0.39, 0.29) is 12.5 Å². The van der Waals surface area contributed by atoms with Crippen molar-refractivity contribution in [2.45, 2.75) is 54.4 Å². The molecule has 0 aliphatic rings. The number of hydrogen-bond donors (Lipinski definition) is 2. The van der Waals surface area contributed by atoms with Crippen molar-refractivity contribution < 1.29 is 9.90 Å². The van der Waals surface area contributed by atoms with E-state index in [9.17, 15) is 4.79 Å². The lowest BCUT2D eigenvalue weighted by molar-refractivity contribution is 0.0942. The van der Waals surface area contributed by atoms with E-state index in [1.54, 1.807) is 0 Å². The molecule has 0 heterocycles. The molecule has 118 valence electrons. The smallest absolute Gasteiger partial charge is 0.251 e. The Morgan fingerprint density at radius 2 is 1.48 bits per heavy atom. The van der Waals surface area contributed by atoms with Gasteiger partial charge in [0.2, 0.25) is 0 Å². The predicted molar refractivity (Wildman–Crippen MR) is 87.9 cm³/mol. The first-order valence-electron chi connectivity index (χ1n) is 7.81. The third-order valence-corrected chi connectivity index (χ3v) is 4.89. The molecule has 1 aromatic carbocycles. The van der Waals surface area contributed by atoms with Gasteiger partial charge in [0.05, 0.1) is 0 Å². The number of aliphatic hydroxyl groups is 1. The number of carbonyl (C=O) groups is 1. The molecular formula is C18H29NO2. The zero-order chi connectivity index (χ0) is 16.2. The summed E-state index contributed by atoms with van der Waals surface area (Å²) in [7, 11) is 0. The molecule has 1 unspecified atom stereocenters. The fraction of sp³-hybridized carbons (Fsp3) is 0.611. The predicted octanol–water partition coefficient (Wildman–Crippen LogP) is 3.37. The summed E-state index contributed by atoms with van der Waals surface area (Å²) in [5, 5.41) is 12.1. The van der Waals surface area contributed by atoms with Crippen LogP contribution in [0, 0.1) is 40.5 Å². The molecule has 3 nitrogen and oxygen atoms in total. The minimum absolute atomic E-state index is 0.00703. The molecule has 0 aromatic heterocycles. The van der Waals surface area contributed by atoms with Gasteiger partial charge in [0.25, 0.3) is 5.91 Å². The van der Waals surface area contributed by atoms with Crippen LogP contribution < -0.4 is 5.32 Å². The third kappa shape index (κ3) is 3.85. The number of rotatable bonds is 6. The number of aliphatic hydroxyl groups excluding tert-OH is 1. The first-order chi connectivity index (χ1) is 9.84. The van der Waals surface area contributed by atoms with Gasteiger partial charge in [0.15, 0.2) is 0 Å². The highest BCUT2D eigenvalue weighted by Gasteiger charge is 2.18. The topological polar surface area (TPSA) is 49.3 Å². The maximum Gasteiger partial charge on any atom is 0.251 e. The van der Waals surface area contributed by atoms with Crippen molar-refractivity contribution in [2.75, 3.05) is 13.2 Å². The standard InChI is InChI=1S/C18H29NO2/c1-7-16(8-9-20)10-19-18(21)17-14(5)12(3)11(2)13(4)15(17)6/h16,20H,7-10H2,1-6H3,(H,19,21). The van der Waals surface area contributed by atoms with E-state index in [0.717, 1.165) is 29.5 Å². The third-order valence-electron chi connectivity index (χ3n) is 4.89. The summed E-state index contributed by atoms with van der Waals surface area (Å²) in [5.41, 5.74) is 6.63. The zero-order valence-corrected chi connectivity index (χ0v) is 14.3. The van der Waals surface area contributed by atoms with Crippen LogP contribution in [0.4, 0.5) is 0 Å². The fourth-order valence-electron chi connectivity index (χ4n) is 2.80. The number of nitrogens with one attached hydrogen (secondary N) is 1. The van der Waals surface area contributed by atoms with Gasteiger partial charge < -0.3 is 10.4 Å². The van der Waals surface area contributed by atoms with Crippen molar-refractivity contribution in [3.63, 3.8) is 0 Å². The molecule has 0 saturated carbocycles. The van der Waals surface area contributed by atoms with Crippen molar-refractivity contribution in [2.24, 2.45) is 5.92 Å². The highest BCUT2D eigenvalue weighted by molar-refractivity contribution is 5.98. The molecule has 2 N–H and O–H groups in total. The summed E-state index contributed by atoms with van der Waals surface area (Å²) in [6, 6.07) is 0. The molecule has 1 amide bonds. The highest BCUT2D eigenvalue weighted by Crippen LogP contribution is 2.26. The SMILES string of the molecule is CCC(CCO)CNC(=O)c1c(C)c(C)c(C)c(C)c1C. The summed E-state index contributed by atoms with van der Waals surface area (Å²) < 4.78 is 0. The van der Waals surface area contributed by atoms with Crippen molar-refractivity contribution in [3.05, 3.63) is 33.4 Å². The molecule has 0 bridgehead atoms. The number of benzene rings is 1. The van der Waals surface area contributed by atoms with Gasteiger partial charge in [-0.05, 0) is 74.8 Å². The molecule has 1 rings (SSSR count). The van der Waals surface area contributed by atoms with Crippen molar-refractivity contribution in [1.82, 2.24) is 5.32 Å². The Kier molecular flexibility index (Phi) is 6.41. The molecule has 21 heavy (non-hydrogen) atoms. The lowest BCUT2D eigenvalue weighted by Crippen LogP contribution is -2.31. The summed E-state index contributed by atoms with van der Waals surface area (Å²) in [4.78, 5) is 12.6. The fourth-order valence-corrected chi connectivity index (χ4v) is 2.80. The van der Waals surface area contributed by atoms with Crippen LogP contribution in [-0.4, -0.2) is 24.2 Å². The summed E-state index contributed by atoms with van der Waals surface area (Å²) >= 11 is 0. The summed E-state index contributed by atoms with van der Waals surface area (Å²) in [6.07, 6.45) is 1.70. The van der Waals surface area contributed by atoms with Crippen LogP contribution in [0.2, 0.25) is 0 Å². The van der Waals surface area contributed by atoms with Crippen LogP contribution >= 0.6 is 0 Å². The molecular weight excluding hydrogens is 262 g/mol. The summed E-state index contributed by atoms with van der Waals surface area (Å²) in [5.74, 6) is 0.347. The second kappa shape index (κ2) is 7.60. The van der Waals surface area contributed by atoms with E-state index in [1.165, 1.54) is 16.7 Å². The van der Waals surface area contributed by atoms with Crippen LogP contribution in [0.1, 0.15) is 57.9 Å². The van der Waals surface area contributed by atoms with E-state index >= 15 is 0 Å².